The lowest BCUT2D eigenvalue weighted by Crippen LogP contribution is -2.56. The quantitative estimate of drug-likeness (QED) is 0.916. The lowest BCUT2D eigenvalue weighted by Gasteiger charge is -2.52. The number of rotatable bonds is 3. The van der Waals surface area contributed by atoms with Crippen LogP contribution in [-0.4, -0.2) is 27.1 Å². The molecule has 3 heterocycles. The summed E-state index contributed by atoms with van der Waals surface area (Å²) in [6, 6.07) is 13.8. The molecule has 4 rings (SSSR count). The molecule has 3 nitrogen and oxygen atoms in total. The first-order chi connectivity index (χ1) is 12.0. The topological polar surface area (TPSA) is 36.4 Å². The zero-order valence-electron chi connectivity index (χ0n) is 15.3. The molecule has 2 atom stereocenters. The maximum Gasteiger partial charge on any atom is 0.110 e. The smallest absolute Gasteiger partial charge is 0.110 e. The van der Waals surface area contributed by atoms with Crippen LogP contribution in [0.5, 0.6) is 0 Å². The van der Waals surface area contributed by atoms with E-state index in [9.17, 15) is 5.11 Å². The predicted molar refractivity (Wildman–Crippen MR) is 100 cm³/mol. The highest BCUT2D eigenvalue weighted by Gasteiger charge is 2.47. The molecule has 3 heteroatoms. The van der Waals surface area contributed by atoms with Gasteiger partial charge in [0.2, 0.25) is 0 Å². The normalized spacial score (nSPS) is 29.6. The van der Waals surface area contributed by atoms with Crippen LogP contribution in [0.2, 0.25) is 0 Å². The van der Waals surface area contributed by atoms with Gasteiger partial charge in [-0.25, -0.2) is 0 Å². The van der Waals surface area contributed by atoms with E-state index in [1.54, 1.807) is 0 Å². The summed E-state index contributed by atoms with van der Waals surface area (Å²) in [5, 5.41) is 11.5. The molecule has 2 aliphatic heterocycles. The van der Waals surface area contributed by atoms with Crippen molar-refractivity contribution in [1.29, 1.82) is 0 Å². The molecule has 1 aromatic carbocycles. The summed E-state index contributed by atoms with van der Waals surface area (Å²) in [6.45, 7) is 5.14. The predicted octanol–water partition coefficient (Wildman–Crippen LogP) is 4.10. The van der Waals surface area contributed by atoms with Gasteiger partial charge in [-0.15, -0.1) is 0 Å². The van der Waals surface area contributed by atoms with Crippen LogP contribution in [0.3, 0.4) is 0 Å². The van der Waals surface area contributed by atoms with Gasteiger partial charge < -0.3 is 5.11 Å². The van der Waals surface area contributed by atoms with Crippen LogP contribution in [0.1, 0.15) is 54.5 Å². The average Bonchev–Trinajstić information content (AvgIpc) is 2.57. The average molecular weight is 336 g/mol. The van der Waals surface area contributed by atoms with E-state index >= 15 is 0 Å². The molecule has 0 amide bonds. The number of nitrogens with zero attached hydrogens (tertiary/aromatic N) is 2. The van der Waals surface area contributed by atoms with E-state index in [0.717, 1.165) is 36.2 Å². The Bertz CT molecular complexity index is 729. The largest absolute Gasteiger partial charge is 0.383 e. The lowest BCUT2D eigenvalue weighted by atomic mass is 9.73. The summed E-state index contributed by atoms with van der Waals surface area (Å²) < 4.78 is 0. The summed E-state index contributed by atoms with van der Waals surface area (Å²) in [5.74, 6) is 0. The SMILES string of the molecule is Cc1cnc(C2(O)CC3CCCC(C2)N3Cc2ccccc2)c(C)c1. The Hall–Kier alpha value is -1.71. The minimum absolute atomic E-state index is 0.445. The second-order valence-electron chi connectivity index (χ2n) is 8.01. The fraction of sp³-hybridized carbons (Fsp3) is 0.500. The third-order valence-electron chi connectivity index (χ3n) is 6.02. The molecule has 2 fully saturated rings. The van der Waals surface area contributed by atoms with E-state index in [4.69, 9.17) is 0 Å². The van der Waals surface area contributed by atoms with E-state index in [1.165, 1.54) is 24.8 Å². The first kappa shape index (κ1) is 16.7. The van der Waals surface area contributed by atoms with Crippen molar-refractivity contribution in [2.24, 2.45) is 0 Å². The van der Waals surface area contributed by atoms with Crippen molar-refractivity contribution in [3.05, 3.63) is 65.0 Å². The Labute approximate surface area is 150 Å². The molecular weight excluding hydrogens is 308 g/mol. The third kappa shape index (κ3) is 3.23. The molecule has 1 N–H and O–H groups in total. The van der Waals surface area contributed by atoms with Crippen molar-refractivity contribution in [3.8, 4) is 0 Å². The number of benzene rings is 1. The molecule has 0 saturated carbocycles. The van der Waals surface area contributed by atoms with Crippen LogP contribution in [-0.2, 0) is 12.1 Å². The van der Waals surface area contributed by atoms with Crippen molar-refractivity contribution in [2.75, 3.05) is 0 Å². The van der Waals surface area contributed by atoms with Gasteiger partial charge in [0.15, 0.2) is 0 Å². The van der Waals surface area contributed by atoms with Gasteiger partial charge in [-0.1, -0.05) is 42.8 Å². The molecule has 132 valence electrons. The number of aryl methyl sites for hydroxylation is 2. The summed E-state index contributed by atoms with van der Waals surface area (Å²) in [7, 11) is 0. The van der Waals surface area contributed by atoms with Crippen molar-refractivity contribution < 1.29 is 5.11 Å². The second-order valence-corrected chi connectivity index (χ2v) is 8.01. The number of aromatic nitrogens is 1. The number of hydrogen-bond donors (Lipinski definition) is 1. The minimum Gasteiger partial charge on any atom is -0.383 e. The highest BCUT2D eigenvalue weighted by molar-refractivity contribution is 5.29. The highest BCUT2D eigenvalue weighted by Crippen LogP contribution is 2.45. The summed E-state index contributed by atoms with van der Waals surface area (Å²) >= 11 is 0. The van der Waals surface area contributed by atoms with Gasteiger partial charge in [-0.05, 0) is 56.2 Å². The van der Waals surface area contributed by atoms with Gasteiger partial charge in [0.25, 0.3) is 0 Å². The maximum absolute atomic E-state index is 11.5. The third-order valence-corrected chi connectivity index (χ3v) is 6.02. The van der Waals surface area contributed by atoms with Gasteiger partial charge in [0.1, 0.15) is 5.60 Å². The summed E-state index contributed by atoms with van der Waals surface area (Å²) in [4.78, 5) is 7.28. The molecule has 0 spiro atoms. The zero-order chi connectivity index (χ0) is 17.4. The molecule has 2 saturated heterocycles. The molecule has 25 heavy (non-hydrogen) atoms. The molecule has 0 aliphatic carbocycles. The number of aliphatic hydroxyl groups is 1. The molecule has 2 aliphatic rings. The molecule has 2 unspecified atom stereocenters. The molecular formula is C22H28N2O. The second kappa shape index (κ2) is 6.54. The standard InChI is InChI=1S/C22H28N2O/c1-16-11-17(2)21(23-14-16)22(25)12-19-9-6-10-20(13-22)24(19)15-18-7-4-3-5-8-18/h3-5,7-8,11,14,19-20,25H,6,9-10,12-13,15H2,1-2H3. The zero-order valence-corrected chi connectivity index (χ0v) is 15.3. The maximum atomic E-state index is 11.5. The first-order valence-corrected chi connectivity index (χ1v) is 9.51. The molecule has 0 radical (unpaired) electrons. The fourth-order valence-electron chi connectivity index (χ4n) is 4.97. The van der Waals surface area contributed by atoms with E-state index in [0.29, 0.717) is 12.1 Å². The number of piperidine rings is 2. The summed E-state index contributed by atoms with van der Waals surface area (Å²) in [5.41, 5.74) is 3.77. The Morgan fingerprint density at radius 1 is 1.12 bits per heavy atom. The number of fused-ring (bicyclic) bond motifs is 2. The molecule has 1 aromatic heterocycles. The minimum atomic E-state index is -0.777. The van der Waals surface area contributed by atoms with Crippen LogP contribution in [0.15, 0.2) is 42.6 Å². The van der Waals surface area contributed by atoms with E-state index in [1.807, 2.05) is 6.20 Å². The fourth-order valence-corrected chi connectivity index (χ4v) is 4.97. The monoisotopic (exact) mass is 336 g/mol. The van der Waals surface area contributed by atoms with E-state index < -0.39 is 5.60 Å². The molecule has 2 bridgehead atoms. The van der Waals surface area contributed by atoms with Crippen molar-refractivity contribution in [3.63, 3.8) is 0 Å². The van der Waals surface area contributed by atoms with Crippen molar-refractivity contribution in [1.82, 2.24) is 9.88 Å². The Morgan fingerprint density at radius 2 is 1.80 bits per heavy atom. The Kier molecular flexibility index (Phi) is 4.38. The number of pyridine rings is 1. The Balaban J connectivity index is 1.60. The lowest BCUT2D eigenvalue weighted by molar-refractivity contribution is -0.102. The van der Waals surface area contributed by atoms with Crippen molar-refractivity contribution >= 4 is 0 Å². The van der Waals surface area contributed by atoms with Crippen LogP contribution < -0.4 is 0 Å². The van der Waals surface area contributed by atoms with Gasteiger partial charge in [-0.2, -0.15) is 0 Å². The highest BCUT2D eigenvalue weighted by atomic mass is 16.3. The number of hydrogen-bond acceptors (Lipinski definition) is 3. The van der Waals surface area contributed by atoms with Gasteiger partial charge >= 0.3 is 0 Å². The van der Waals surface area contributed by atoms with E-state index in [2.05, 4.69) is 60.1 Å². The van der Waals surface area contributed by atoms with Gasteiger partial charge in [0, 0.05) is 24.8 Å². The van der Waals surface area contributed by atoms with Crippen LogP contribution in [0.25, 0.3) is 0 Å². The van der Waals surface area contributed by atoms with Crippen LogP contribution >= 0.6 is 0 Å². The molecule has 2 aromatic rings. The van der Waals surface area contributed by atoms with Crippen molar-refractivity contribution in [2.45, 2.75) is 70.2 Å². The van der Waals surface area contributed by atoms with Gasteiger partial charge in [0.05, 0.1) is 5.69 Å². The summed E-state index contributed by atoms with van der Waals surface area (Å²) in [6.07, 6.45) is 7.12. The van der Waals surface area contributed by atoms with Crippen LogP contribution in [0, 0.1) is 13.8 Å². The van der Waals surface area contributed by atoms with E-state index in [-0.39, 0.29) is 0 Å². The Morgan fingerprint density at radius 3 is 2.44 bits per heavy atom. The first-order valence-electron chi connectivity index (χ1n) is 9.51. The van der Waals surface area contributed by atoms with Gasteiger partial charge in [-0.3, -0.25) is 9.88 Å². The van der Waals surface area contributed by atoms with Crippen LogP contribution in [0.4, 0.5) is 0 Å².